The number of piperidine rings is 1. The quantitative estimate of drug-likeness (QED) is 0.119. The number of hydrogen-bond acceptors (Lipinski definition) is 9. The van der Waals surface area contributed by atoms with Crippen molar-refractivity contribution in [2.75, 3.05) is 44.2 Å². The Hall–Kier alpha value is -5.78. The maximum atomic E-state index is 13.3. The van der Waals surface area contributed by atoms with Crippen molar-refractivity contribution in [2.45, 2.75) is 70.1 Å². The number of imide groups is 2. The number of anilines is 1. The van der Waals surface area contributed by atoms with Crippen LogP contribution < -0.4 is 15.0 Å². The molecule has 8 rings (SSSR count). The molecule has 4 aromatic rings. The maximum Gasteiger partial charge on any atom is 0.262 e. The molecule has 1 aliphatic carbocycles. The largest absolute Gasteiger partial charge is 0.508 e. The Morgan fingerprint density at radius 1 is 0.724 bits per heavy atom. The van der Waals surface area contributed by atoms with Crippen LogP contribution in [0.25, 0.3) is 11.1 Å². The number of hydrogen-bond donors (Lipinski definition) is 2. The minimum atomic E-state index is -0.970. The molecule has 0 bridgehead atoms. The van der Waals surface area contributed by atoms with Crippen molar-refractivity contribution in [3.05, 3.63) is 125 Å². The Labute approximate surface area is 339 Å². The number of aromatic hydroxyl groups is 1. The number of piperazine rings is 1. The summed E-state index contributed by atoms with van der Waals surface area (Å²) in [7, 11) is 0. The molecule has 11 nitrogen and oxygen atoms in total. The van der Waals surface area contributed by atoms with E-state index < -0.39 is 23.8 Å². The zero-order valence-electron chi connectivity index (χ0n) is 32.9. The first kappa shape index (κ1) is 39.1. The van der Waals surface area contributed by atoms with Gasteiger partial charge in [-0.2, -0.15) is 0 Å². The van der Waals surface area contributed by atoms with Crippen LogP contribution in [0.5, 0.6) is 11.5 Å². The molecule has 2 N–H and O–H groups in total. The SMILES string of the molecule is CCC(=C(c1ccc(O)cc1)c1ccc(OC2CCC(OCCN3CCN(c4ccc5c(c4)C(=O)N(C4CCC(=O)NC4=O)C5=O)CC3)CC2)cc1)c1ccccc1. The highest BCUT2D eigenvalue weighted by molar-refractivity contribution is 6.23. The number of rotatable bonds is 12. The lowest BCUT2D eigenvalue weighted by Gasteiger charge is -2.36. The molecule has 4 amide bonds. The van der Waals surface area contributed by atoms with E-state index in [9.17, 15) is 24.3 Å². The predicted molar refractivity (Wildman–Crippen MR) is 222 cm³/mol. The molecule has 0 spiro atoms. The van der Waals surface area contributed by atoms with E-state index in [2.05, 4.69) is 70.6 Å². The Kier molecular flexibility index (Phi) is 11.7. The van der Waals surface area contributed by atoms with Gasteiger partial charge in [0.05, 0.1) is 29.9 Å². The van der Waals surface area contributed by atoms with Crippen molar-refractivity contribution in [3.63, 3.8) is 0 Å². The van der Waals surface area contributed by atoms with Crippen molar-refractivity contribution in [1.82, 2.24) is 15.1 Å². The summed E-state index contributed by atoms with van der Waals surface area (Å²) in [6.07, 6.45) is 5.27. The van der Waals surface area contributed by atoms with Crippen molar-refractivity contribution >= 4 is 40.5 Å². The highest BCUT2D eigenvalue weighted by Crippen LogP contribution is 2.36. The normalized spacial score (nSPS) is 21.8. The Bertz CT molecular complexity index is 2170. The lowest BCUT2D eigenvalue weighted by Crippen LogP contribution is -2.54. The lowest BCUT2D eigenvalue weighted by molar-refractivity contribution is -0.136. The van der Waals surface area contributed by atoms with E-state index in [1.807, 2.05) is 24.3 Å². The van der Waals surface area contributed by atoms with Gasteiger partial charge in [0.15, 0.2) is 0 Å². The highest BCUT2D eigenvalue weighted by atomic mass is 16.5. The van der Waals surface area contributed by atoms with Crippen LogP contribution >= 0.6 is 0 Å². The van der Waals surface area contributed by atoms with Crippen LogP contribution in [-0.2, 0) is 14.3 Å². The second-order valence-corrected chi connectivity index (χ2v) is 15.5. The molecule has 4 aliphatic rings. The van der Waals surface area contributed by atoms with Crippen LogP contribution in [0.15, 0.2) is 97.1 Å². The lowest BCUT2D eigenvalue weighted by atomic mass is 9.88. The number of carbonyl (C=O) groups is 4. The molecule has 58 heavy (non-hydrogen) atoms. The number of nitrogens with zero attached hydrogens (tertiary/aromatic N) is 3. The van der Waals surface area contributed by atoms with Crippen LogP contribution in [0.3, 0.4) is 0 Å². The molecule has 300 valence electrons. The molecule has 1 unspecified atom stereocenters. The van der Waals surface area contributed by atoms with E-state index in [4.69, 9.17) is 9.47 Å². The molecule has 3 fully saturated rings. The van der Waals surface area contributed by atoms with Crippen molar-refractivity contribution in [3.8, 4) is 11.5 Å². The van der Waals surface area contributed by atoms with Crippen LogP contribution in [0.1, 0.15) is 89.3 Å². The van der Waals surface area contributed by atoms with Crippen LogP contribution in [-0.4, -0.2) is 96.1 Å². The number of phenols is 1. The third kappa shape index (κ3) is 8.42. The number of phenolic OH excluding ortho intramolecular Hbond substituents is 1. The van der Waals surface area contributed by atoms with Gasteiger partial charge >= 0.3 is 0 Å². The Balaban J connectivity index is 0.786. The Morgan fingerprint density at radius 2 is 1.38 bits per heavy atom. The predicted octanol–water partition coefficient (Wildman–Crippen LogP) is 6.69. The fourth-order valence-electron chi connectivity index (χ4n) is 8.75. The fraction of sp³-hybridized carbons (Fsp3) is 0.362. The van der Waals surface area contributed by atoms with E-state index in [1.54, 1.807) is 24.3 Å². The van der Waals surface area contributed by atoms with E-state index in [0.29, 0.717) is 17.7 Å². The fourth-order valence-corrected chi connectivity index (χ4v) is 8.75. The highest BCUT2D eigenvalue weighted by Gasteiger charge is 2.44. The molecule has 3 heterocycles. The third-order valence-electron chi connectivity index (χ3n) is 11.9. The van der Waals surface area contributed by atoms with E-state index in [-0.39, 0.29) is 36.7 Å². The summed E-state index contributed by atoms with van der Waals surface area (Å²) < 4.78 is 12.8. The van der Waals surface area contributed by atoms with Gasteiger partial charge in [0.2, 0.25) is 11.8 Å². The zero-order chi connectivity index (χ0) is 40.2. The number of ether oxygens (including phenoxy) is 2. The van der Waals surface area contributed by atoms with Gasteiger partial charge in [0.1, 0.15) is 17.5 Å². The van der Waals surface area contributed by atoms with Crippen molar-refractivity contribution in [1.29, 1.82) is 0 Å². The average molecular weight is 783 g/mol. The van der Waals surface area contributed by atoms with E-state index in [1.165, 1.54) is 11.1 Å². The molecular formula is C47H50N4O7. The molecule has 2 saturated heterocycles. The number of carbonyl (C=O) groups excluding carboxylic acids is 4. The van der Waals surface area contributed by atoms with Gasteiger partial charge in [-0.25, -0.2) is 0 Å². The van der Waals surface area contributed by atoms with Crippen LogP contribution in [0.4, 0.5) is 5.69 Å². The summed E-state index contributed by atoms with van der Waals surface area (Å²) in [5, 5.41) is 12.2. The van der Waals surface area contributed by atoms with E-state index in [0.717, 1.165) is 97.9 Å². The first-order valence-electron chi connectivity index (χ1n) is 20.6. The number of amides is 4. The monoisotopic (exact) mass is 782 g/mol. The minimum absolute atomic E-state index is 0.0945. The molecule has 11 heteroatoms. The van der Waals surface area contributed by atoms with Gasteiger partial charge in [0, 0.05) is 44.8 Å². The van der Waals surface area contributed by atoms with Gasteiger partial charge in [-0.05, 0) is 109 Å². The van der Waals surface area contributed by atoms with Gasteiger partial charge in [-0.1, -0.05) is 61.5 Å². The molecule has 3 aliphatic heterocycles. The molecular weight excluding hydrogens is 733 g/mol. The number of fused-ring (bicyclic) bond motifs is 1. The second kappa shape index (κ2) is 17.4. The van der Waals surface area contributed by atoms with E-state index >= 15 is 0 Å². The average Bonchev–Trinajstić information content (AvgIpc) is 3.49. The minimum Gasteiger partial charge on any atom is -0.508 e. The first-order chi connectivity index (χ1) is 28.2. The van der Waals surface area contributed by atoms with Gasteiger partial charge in [-0.3, -0.25) is 34.3 Å². The Morgan fingerprint density at radius 3 is 2.05 bits per heavy atom. The topological polar surface area (TPSA) is 129 Å². The zero-order valence-corrected chi connectivity index (χ0v) is 32.9. The second-order valence-electron chi connectivity index (χ2n) is 15.5. The first-order valence-corrected chi connectivity index (χ1v) is 20.6. The van der Waals surface area contributed by atoms with Crippen molar-refractivity contribution in [2.24, 2.45) is 0 Å². The molecule has 0 radical (unpaired) electrons. The number of nitrogens with one attached hydrogen (secondary N) is 1. The summed E-state index contributed by atoms with van der Waals surface area (Å²) in [5.41, 5.74) is 7.22. The molecule has 1 saturated carbocycles. The third-order valence-corrected chi connectivity index (χ3v) is 11.9. The summed E-state index contributed by atoms with van der Waals surface area (Å²) in [5.74, 6) is -0.855. The molecule has 4 aromatic carbocycles. The smallest absolute Gasteiger partial charge is 0.262 e. The van der Waals surface area contributed by atoms with Gasteiger partial charge in [-0.15, -0.1) is 0 Å². The van der Waals surface area contributed by atoms with Crippen molar-refractivity contribution < 1.29 is 33.8 Å². The summed E-state index contributed by atoms with van der Waals surface area (Å²) in [4.78, 5) is 56.1. The summed E-state index contributed by atoms with van der Waals surface area (Å²) >= 11 is 0. The molecule has 0 aromatic heterocycles. The number of allylic oxidation sites excluding steroid dienone is 1. The standard InChI is InChI=1S/C47H50N4O7/c1-2-39(31-6-4-3-5-7-31)44(32-8-13-35(52)14-9-32)33-10-15-37(16-11-33)58-38-19-17-36(18-20-38)57-29-28-49-24-26-50(27-25-49)34-12-21-40-41(30-34)47(56)51(46(40)55)42-22-23-43(53)48-45(42)54/h3-16,21,30,36,38,42,52H,2,17-20,22-29H2,1H3,(H,48,53,54). The summed E-state index contributed by atoms with van der Waals surface area (Å²) in [6, 6.07) is 30.6. The van der Waals surface area contributed by atoms with Crippen LogP contribution in [0, 0.1) is 0 Å². The summed E-state index contributed by atoms with van der Waals surface area (Å²) in [6.45, 7) is 6.96. The van der Waals surface area contributed by atoms with Crippen LogP contribution in [0.2, 0.25) is 0 Å². The van der Waals surface area contributed by atoms with Gasteiger partial charge < -0.3 is 19.5 Å². The maximum absolute atomic E-state index is 13.3. The van der Waals surface area contributed by atoms with Gasteiger partial charge in [0.25, 0.3) is 11.8 Å². The molecule has 1 atom stereocenters. The number of benzene rings is 4.